The summed E-state index contributed by atoms with van der Waals surface area (Å²) >= 11 is 0. The summed E-state index contributed by atoms with van der Waals surface area (Å²) in [6.45, 7) is 26.6. The first-order valence-corrected chi connectivity index (χ1v) is 34.2. The number of amides is 2. The van der Waals surface area contributed by atoms with Crippen LogP contribution in [-0.4, -0.2) is 136 Å². The number of ether oxygens (including phenoxy) is 4. The maximum absolute atomic E-state index is 13.8. The summed E-state index contributed by atoms with van der Waals surface area (Å²) in [6, 6.07) is 0. The standard InChI is InChI=1S/C67H132N4O8/c1-9-17-23-29-31-39-52-70(54-41-37-48-64(72)78-60-62(44-33-25-19-11-3)45-34-26-20-12-4)66(74)76-58-56-69(51-43-50-68(15-7)16-8)57-59-77-67(75)71(53-40-32-30-24-18-10-2)55-42-38-49-65(73)79-61-63(46-35-27-21-13-5)47-36-28-22-14-6/h62-63H,9-61H2,1-8H3. The minimum atomic E-state index is -0.293. The molecule has 12 nitrogen and oxygen atoms in total. The van der Waals surface area contributed by atoms with Crippen LogP contribution in [0.15, 0.2) is 0 Å². The van der Waals surface area contributed by atoms with Crippen molar-refractivity contribution in [3.8, 4) is 0 Å². The number of carbonyl (C=O) groups excluding carboxylic acids is 4. The third kappa shape index (κ3) is 48.6. The van der Waals surface area contributed by atoms with Gasteiger partial charge in [-0.3, -0.25) is 14.5 Å². The molecule has 0 atom stereocenters. The van der Waals surface area contributed by atoms with E-state index in [1.165, 1.54) is 154 Å². The number of unbranched alkanes of at least 4 members (excludes halogenated alkanes) is 24. The summed E-state index contributed by atoms with van der Waals surface area (Å²) in [5.41, 5.74) is 0. The van der Waals surface area contributed by atoms with Crippen LogP contribution in [0.1, 0.15) is 306 Å². The molecule has 0 fully saturated rings. The van der Waals surface area contributed by atoms with Crippen LogP contribution in [0.2, 0.25) is 0 Å². The number of nitrogens with zero attached hydrogens (tertiary/aromatic N) is 4. The highest BCUT2D eigenvalue weighted by atomic mass is 16.6. The molecule has 0 aliphatic rings. The number of rotatable bonds is 60. The van der Waals surface area contributed by atoms with Gasteiger partial charge in [0.25, 0.3) is 0 Å². The van der Waals surface area contributed by atoms with Crippen LogP contribution < -0.4 is 0 Å². The van der Waals surface area contributed by atoms with Gasteiger partial charge in [-0.15, -0.1) is 0 Å². The maximum atomic E-state index is 13.8. The van der Waals surface area contributed by atoms with E-state index in [1.807, 2.05) is 9.80 Å². The van der Waals surface area contributed by atoms with Gasteiger partial charge in [0.05, 0.1) is 13.2 Å². The van der Waals surface area contributed by atoms with Crippen molar-refractivity contribution < 1.29 is 38.1 Å². The first-order valence-electron chi connectivity index (χ1n) is 34.2. The van der Waals surface area contributed by atoms with Crippen LogP contribution in [0.3, 0.4) is 0 Å². The quantitative estimate of drug-likeness (QED) is 0.0331. The Morgan fingerprint density at radius 2 is 0.582 bits per heavy atom. The minimum absolute atomic E-state index is 0.122. The molecule has 0 aromatic carbocycles. The minimum Gasteiger partial charge on any atom is -0.465 e. The fourth-order valence-corrected chi connectivity index (χ4v) is 10.6. The Morgan fingerprint density at radius 3 is 0.911 bits per heavy atom. The Labute approximate surface area is 489 Å². The van der Waals surface area contributed by atoms with Crippen molar-refractivity contribution in [3.05, 3.63) is 0 Å². The van der Waals surface area contributed by atoms with E-state index in [9.17, 15) is 19.2 Å². The van der Waals surface area contributed by atoms with Gasteiger partial charge in [-0.25, -0.2) is 9.59 Å². The second-order valence-electron chi connectivity index (χ2n) is 23.4. The van der Waals surface area contributed by atoms with Gasteiger partial charge >= 0.3 is 24.1 Å². The Bertz CT molecular complexity index is 1240. The van der Waals surface area contributed by atoms with E-state index in [-0.39, 0.29) is 37.3 Å². The summed E-state index contributed by atoms with van der Waals surface area (Å²) in [5.74, 6) is 0.650. The van der Waals surface area contributed by atoms with Crippen LogP contribution in [0.4, 0.5) is 9.59 Å². The second-order valence-corrected chi connectivity index (χ2v) is 23.4. The Morgan fingerprint density at radius 1 is 0.291 bits per heavy atom. The van der Waals surface area contributed by atoms with E-state index >= 15 is 0 Å². The fraction of sp³-hybridized carbons (Fsp3) is 0.940. The van der Waals surface area contributed by atoms with Crippen molar-refractivity contribution in [1.82, 2.24) is 19.6 Å². The van der Waals surface area contributed by atoms with E-state index in [4.69, 9.17) is 18.9 Å². The van der Waals surface area contributed by atoms with Crippen molar-refractivity contribution in [2.24, 2.45) is 11.8 Å². The molecule has 79 heavy (non-hydrogen) atoms. The molecule has 0 rings (SSSR count). The van der Waals surface area contributed by atoms with Crippen molar-refractivity contribution in [3.63, 3.8) is 0 Å². The second kappa shape index (κ2) is 58.6. The van der Waals surface area contributed by atoms with Gasteiger partial charge in [-0.1, -0.05) is 222 Å². The van der Waals surface area contributed by atoms with E-state index in [0.29, 0.717) is 90.0 Å². The summed E-state index contributed by atoms with van der Waals surface area (Å²) in [6.07, 6.45) is 41.9. The summed E-state index contributed by atoms with van der Waals surface area (Å²) in [7, 11) is 0. The first-order chi connectivity index (χ1) is 38.6. The summed E-state index contributed by atoms with van der Waals surface area (Å²) in [4.78, 5) is 61.8. The molecule has 0 saturated carbocycles. The zero-order valence-electron chi connectivity index (χ0n) is 53.7. The van der Waals surface area contributed by atoms with Crippen molar-refractivity contribution in [1.29, 1.82) is 0 Å². The van der Waals surface area contributed by atoms with Crippen molar-refractivity contribution in [2.45, 2.75) is 306 Å². The molecule has 0 bridgehead atoms. The Balaban J connectivity index is 5.57. The number of esters is 2. The highest BCUT2D eigenvalue weighted by Crippen LogP contribution is 2.22. The molecule has 468 valence electrons. The van der Waals surface area contributed by atoms with Crippen LogP contribution in [0.5, 0.6) is 0 Å². The molecular weight excluding hydrogens is 989 g/mol. The third-order valence-corrected chi connectivity index (χ3v) is 16.1. The zero-order valence-corrected chi connectivity index (χ0v) is 53.7. The van der Waals surface area contributed by atoms with Gasteiger partial charge in [-0.2, -0.15) is 0 Å². The number of carbonyl (C=O) groups is 4. The number of hydrogen-bond acceptors (Lipinski definition) is 10. The highest BCUT2D eigenvalue weighted by Gasteiger charge is 2.20. The zero-order chi connectivity index (χ0) is 58.1. The van der Waals surface area contributed by atoms with Crippen LogP contribution in [0, 0.1) is 11.8 Å². The fourth-order valence-electron chi connectivity index (χ4n) is 10.6. The predicted molar refractivity (Wildman–Crippen MR) is 333 cm³/mol. The summed E-state index contributed by atoms with van der Waals surface area (Å²) in [5, 5.41) is 0. The maximum Gasteiger partial charge on any atom is 0.409 e. The van der Waals surface area contributed by atoms with Crippen LogP contribution in [-0.2, 0) is 28.5 Å². The smallest absolute Gasteiger partial charge is 0.409 e. The van der Waals surface area contributed by atoms with Gasteiger partial charge in [-0.05, 0) is 109 Å². The third-order valence-electron chi connectivity index (χ3n) is 16.1. The lowest BCUT2D eigenvalue weighted by Gasteiger charge is -2.27. The monoisotopic (exact) mass is 1120 g/mol. The van der Waals surface area contributed by atoms with Crippen molar-refractivity contribution >= 4 is 24.1 Å². The molecule has 0 aromatic rings. The van der Waals surface area contributed by atoms with Gasteiger partial charge < -0.3 is 33.6 Å². The molecule has 0 radical (unpaired) electrons. The molecule has 0 heterocycles. The SMILES string of the molecule is CCCCCCCCN(CCCCC(=O)OCC(CCCCCC)CCCCCC)C(=O)OCCN(CCCN(CC)CC)CCOC(=O)N(CCCCCCCC)CCCCC(=O)OCC(CCCCCC)CCCCCC. The van der Waals surface area contributed by atoms with E-state index < -0.39 is 0 Å². The van der Waals surface area contributed by atoms with E-state index in [1.54, 1.807) is 0 Å². The lowest BCUT2D eigenvalue weighted by Crippen LogP contribution is -2.39. The van der Waals surface area contributed by atoms with Gasteiger partial charge in [0.1, 0.15) is 13.2 Å². The molecule has 0 aromatic heterocycles. The normalized spacial score (nSPS) is 11.6. The van der Waals surface area contributed by atoms with Crippen molar-refractivity contribution in [2.75, 3.05) is 91.9 Å². The first kappa shape index (κ1) is 76.4. The predicted octanol–water partition coefficient (Wildman–Crippen LogP) is 18.2. The molecular formula is C67H132N4O8. The molecule has 0 N–H and O–H groups in total. The van der Waals surface area contributed by atoms with Crippen LogP contribution >= 0.6 is 0 Å². The topological polar surface area (TPSA) is 118 Å². The van der Waals surface area contributed by atoms with Gasteiger partial charge in [0.2, 0.25) is 0 Å². The average Bonchev–Trinajstić information content (AvgIpc) is 3.45. The molecule has 0 aliphatic heterocycles. The molecule has 0 unspecified atom stereocenters. The Hall–Kier alpha value is -2.60. The van der Waals surface area contributed by atoms with Crippen LogP contribution in [0.25, 0.3) is 0 Å². The largest absolute Gasteiger partial charge is 0.465 e. The molecule has 0 spiro atoms. The average molecular weight is 1120 g/mol. The van der Waals surface area contributed by atoms with E-state index in [0.717, 1.165) is 96.8 Å². The van der Waals surface area contributed by atoms with Gasteiger partial charge in [0, 0.05) is 52.1 Å². The molecule has 2 amide bonds. The highest BCUT2D eigenvalue weighted by molar-refractivity contribution is 5.70. The van der Waals surface area contributed by atoms with E-state index in [2.05, 4.69) is 65.2 Å². The number of hydrogen-bond donors (Lipinski definition) is 0. The lowest BCUT2D eigenvalue weighted by atomic mass is 9.95. The lowest BCUT2D eigenvalue weighted by molar-refractivity contribution is -0.146. The molecule has 12 heteroatoms. The van der Waals surface area contributed by atoms with Gasteiger partial charge in [0.15, 0.2) is 0 Å². The Kier molecular flexibility index (Phi) is 56.7. The summed E-state index contributed by atoms with van der Waals surface area (Å²) < 4.78 is 23.8. The molecule has 0 aliphatic carbocycles. The molecule has 0 saturated heterocycles.